The van der Waals surface area contributed by atoms with Crippen LogP contribution in [0.2, 0.25) is 0 Å². The summed E-state index contributed by atoms with van der Waals surface area (Å²) in [7, 11) is 0. The maximum absolute atomic E-state index is 6.46. The summed E-state index contributed by atoms with van der Waals surface area (Å²) in [6.07, 6.45) is 0. The van der Waals surface area contributed by atoms with Crippen molar-refractivity contribution in [1.29, 1.82) is 0 Å². The molecular formula is C17H17NS. The van der Waals surface area contributed by atoms with E-state index >= 15 is 0 Å². The molecule has 2 N–H and O–H groups in total. The maximum Gasteiger partial charge on any atom is 0.0649 e. The summed E-state index contributed by atoms with van der Waals surface area (Å²) in [6.45, 7) is 4.29. The van der Waals surface area contributed by atoms with Gasteiger partial charge in [-0.1, -0.05) is 36.4 Å². The number of nitrogens with two attached hydrogens (primary N) is 1. The molecule has 1 atom stereocenters. The number of rotatable bonds is 2. The quantitative estimate of drug-likeness (QED) is 0.723. The number of hydrogen-bond acceptors (Lipinski definition) is 2. The first-order valence-corrected chi connectivity index (χ1v) is 7.28. The molecule has 0 aliphatic heterocycles. The maximum atomic E-state index is 6.46. The van der Waals surface area contributed by atoms with Crippen molar-refractivity contribution >= 4 is 21.4 Å². The summed E-state index contributed by atoms with van der Waals surface area (Å²) in [4.78, 5) is 1.23. The molecule has 0 spiro atoms. The Bertz CT molecular complexity index is 694. The van der Waals surface area contributed by atoms with Gasteiger partial charge in [-0.05, 0) is 48.1 Å². The van der Waals surface area contributed by atoms with Crippen molar-refractivity contribution in [2.45, 2.75) is 19.9 Å². The molecular weight excluding hydrogens is 250 g/mol. The van der Waals surface area contributed by atoms with Crippen LogP contribution in [0, 0.1) is 13.8 Å². The highest BCUT2D eigenvalue weighted by molar-refractivity contribution is 7.19. The Balaban J connectivity index is 2.08. The number of aryl methyl sites for hydroxylation is 1. The van der Waals surface area contributed by atoms with Gasteiger partial charge in [0.05, 0.1) is 6.04 Å². The smallest absolute Gasteiger partial charge is 0.0649 e. The molecule has 0 aliphatic carbocycles. The second-order valence-corrected chi connectivity index (χ2v) is 6.07. The van der Waals surface area contributed by atoms with Gasteiger partial charge in [0.2, 0.25) is 0 Å². The summed E-state index contributed by atoms with van der Waals surface area (Å²) in [5.41, 5.74) is 10.3. The number of hydrogen-bond donors (Lipinski definition) is 1. The minimum Gasteiger partial charge on any atom is -0.320 e. The van der Waals surface area contributed by atoms with Crippen LogP contribution in [0.3, 0.4) is 0 Å². The Labute approximate surface area is 117 Å². The van der Waals surface area contributed by atoms with Gasteiger partial charge >= 0.3 is 0 Å². The monoisotopic (exact) mass is 267 g/mol. The van der Waals surface area contributed by atoms with Gasteiger partial charge in [0.25, 0.3) is 0 Å². The highest BCUT2D eigenvalue weighted by Crippen LogP contribution is 2.33. The van der Waals surface area contributed by atoms with Gasteiger partial charge in [0, 0.05) is 9.58 Å². The summed E-state index contributed by atoms with van der Waals surface area (Å²) in [6, 6.07) is 17.0. The lowest BCUT2D eigenvalue weighted by Gasteiger charge is -2.14. The van der Waals surface area contributed by atoms with E-state index in [2.05, 4.69) is 62.4 Å². The highest BCUT2D eigenvalue weighted by Gasteiger charge is 2.14. The normalized spacial score (nSPS) is 12.8. The van der Waals surface area contributed by atoms with Gasteiger partial charge in [0.1, 0.15) is 0 Å². The molecule has 3 rings (SSSR count). The fourth-order valence-electron chi connectivity index (χ4n) is 2.42. The zero-order valence-electron chi connectivity index (χ0n) is 11.2. The molecule has 0 saturated heterocycles. The SMILES string of the molecule is Cc1cccc(C(N)c2cc3ccccc3s2)c1C. The third-order valence-electron chi connectivity index (χ3n) is 3.73. The zero-order chi connectivity index (χ0) is 13.4. The molecule has 0 fully saturated rings. The van der Waals surface area contributed by atoms with Crippen molar-refractivity contribution in [3.63, 3.8) is 0 Å². The van der Waals surface area contributed by atoms with Crippen LogP contribution in [0.1, 0.15) is 27.6 Å². The second-order valence-electron chi connectivity index (χ2n) is 4.95. The van der Waals surface area contributed by atoms with Gasteiger partial charge in [-0.25, -0.2) is 0 Å². The van der Waals surface area contributed by atoms with Crippen LogP contribution in [-0.4, -0.2) is 0 Å². The van der Waals surface area contributed by atoms with E-state index in [0.717, 1.165) is 0 Å². The Morgan fingerprint density at radius 2 is 1.79 bits per heavy atom. The van der Waals surface area contributed by atoms with Crippen LogP contribution in [0.25, 0.3) is 10.1 Å². The van der Waals surface area contributed by atoms with E-state index in [0.29, 0.717) is 0 Å². The first-order chi connectivity index (χ1) is 9.16. The fourth-order valence-corrected chi connectivity index (χ4v) is 3.50. The topological polar surface area (TPSA) is 26.0 Å². The molecule has 1 aromatic heterocycles. The van der Waals surface area contributed by atoms with Crippen LogP contribution in [0.5, 0.6) is 0 Å². The Morgan fingerprint density at radius 1 is 1.00 bits per heavy atom. The zero-order valence-corrected chi connectivity index (χ0v) is 12.0. The van der Waals surface area contributed by atoms with Crippen molar-refractivity contribution < 1.29 is 0 Å². The molecule has 1 heterocycles. The lowest BCUT2D eigenvalue weighted by atomic mass is 9.97. The molecule has 0 aliphatic rings. The van der Waals surface area contributed by atoms with E-state index in [1.165, 1.54) is 31.7 Å². The van der Waals surface area contributed by atoms with E-state index in [1.807, 2.05) is 0 Å². The third-order valence-corrected chi connectivity index (χ3v) is 4.93. The minimum absolute atomic E-state index is 0.0303. The molecule has 1 unspecified atom stereocenters. The minimum atomic E-state index is -0.0303. The summed E-state index contributed by atoms with van der Waals surface area (Å²) >= 11 is 1.79. The summed E-state index contributed by atoms with van der Waals surface area (Å²) < 4.78 is 1.30. The second kappa shape index (κ2) is 4.80. The van der Waals surface area contributed by atoms with Crippen LogP contribution < -0.4 is 5.73 Å². The molecule has 96 valence electrons. The fraction of sp³-hybridized carbons (Fsp3) is 0.176. The van der Waals surface area contributed by atoms with Crippen molar-refractivity contribution in [3.05, 3.63) is 70.1 Å². The molecule has 0 amide bonds. The molecule has 0 radical (unpaired) electrons. The van der Waals surface area contributed by atoms with E-state index < -0.39 is 0 Å². The van der Waals surface area contributed by atoms with Crippen molar-refractivity contribution in [1.82, 2.24) is 0 Å². The Hall–Kier alpha value is -1.64. The van der Waals surface area contributed by atoms with Crippen LogP contribution in [-0.2, 0) is 0 Å². The molecule has 0 saturated carbocycles. The van der Waals surface area contributed by atoms with Gasteiger partial charge in [-0.15, -0.1) is 11.3 Å². The predicted octanol–water partition coefficient (Wildman–Crippen LogP) is 4.57. The summed E-state index contributed by atoms with van der Waals surface area (Å²) in [5, 5.41) is 1.28. The van der Waals surface area contributed by atoms with E-state index in [-0.39, 0.29) is 6.04 Å². The van der Waals surface area contributed by atoms with Crippen LogP contribution in [0.4, 0.5) is 0 Å². The van der Waals surface area contributed by atoms with Crippen molar-refractivity contribution in [2.24, 2.45) is 5.73 Å². The first kappa shape index (κ1) is 12.4. The lowest BCUT2D eigenvalue weighted by molar-refractivity contribution is 0.880. The predicted molar refractivity (Wildman–Crippen MR) is 83.8 cm³/mol. The van der Waals surface area contributed by atoms with Crippen molar-refractivity contribution in [2.75, 3.05) is 0 Å². The van der Waals surface area contributed by atoms with E-state index in [4.69, 9.17) is 5.73 Å². The first-order valence-electron chi connectivity index (χ1n) is 6.47. The molecule has 2 heteroatoms. The molecule has 2 aromatic carbocycles. The van der Waals surface area contributed by atoms with Gasteiger partial charge < -0.3 is 5.73 Å². The average molecular weight is 267 g/mol. The highest BCUT2D eigenvalue weighted by atomic mass is 32.1. The Kier molecular flexibility index (Phi) is 3.13. The van der Waals surface area contributed by atoms with Gasteiger partial charge in [0.15, 0.2) is 0 Å². The largest absolute Gasteiger partial charge is 0.320 e. The number of thiophene rings is 1. The lowest BCUT2D eigenvalue weighted by Crippen LogP contribution is -2.12. The van der Waals surface area contributed by atoms with E-state index in [9.17, 15) is 0 Å². The average Bonchev–Trinajstić information content (AvgIpc) is 2.85. The van der Waals surface area contributed by atoms with Crippen LogP contribution >= 0.6 is 11.3 Å². The summed E-state index contributed by atoms with van der Waals surface area (Å²) in [5.74, 6) is 0. The molecule has 3 aromatic rings. The molecule has 1 nitrogen and oxygen atoms in total. The molecule has 19 heavy (non-hydrogen) atoms. The third kappa shape index (κ3) is 2.18. The van der Waals surface area contributed by atoms with Gasteiger partial charge in [-0.3, -0.25) is 0 Å². The van der Waals surface area contributed by atoms with Gasteiger partial charge in [-0.2, -0.15) is 0 Å². The molecule has 0 bridgehead atoms. The standard InChI is InChI=1S/C17H17NS/c1-11-6-5-8-14(12(11)2)17(18)16-10-13-7-3-4-9-15(13)19-16/h3-10,17H,18H2,1-2H3. The van der Waals surface area contributed by atoms with E-state index in [1.54, 1.807) is 11.3 Å². The van der Waals surface area contributed by atoms with Crippen LogP contribution in [0.15, 0.2) is 48.5 Å². The number of fused-ring (bicyclic) bond motifs is 1. The van der Waals surface area contributed by atoms with Crippen molar-refractivity contribution in [3.8, 4) is 0 Å². The number of benzene rings is 2. The Morgan fingerprint density at radius 3 is 2.58 bits per heavy atom.